The van der Waals surface area contributed by atoms with Crippen molar-refractivity contribution in [1.29, 1.82) is 5.41 Å². The predicted octanol–water partition coefficient (Wildman–Crippen LogP) is 5.92. The third kappa shape index (κ3) is 5.47. The van der Waals surface area contributed by atoms with Crippen molar-refractivity contribution in [2.24, 2.45) is 11.1 Å². The van der Waals surface area contributed by atoms with Gasteiger partial charge in [0, 0.05) is 12.1 Å². The molecule has 2 aromatic rings. The van der Waals surface area contributed by atoms with Crippen LogP contribution < -0.4 is 10.5 Å². The Morgan fingerprint density at radius 1 is 1.24 bits per heavy atom. The van der Waals surface area contributed by atoms with Crippen molar-refractivity contribution >= 4 is 5.96 Å². The number of rotatable bonds is 10. The number of nitrogens with zero attached hydrogens (tertiary/aromatic N) is 3. The highest BCUT2D eigenvalue weighted by molar-refractivity contribution is 5.75. The summed E-state index contributed by atoms with van der Waals surface area (Å²) >= 11 is 0. The van der Waals surface area contributed by atoms with E-state index in [0.717, 1.165) is 51.0 Å². The molecule has 1 saturated heterocycles. The molecule has 1 saturated carbocycles. The molecular formula is C24H32F3N5O2. The van der Waals surface area contributed by atoms with Crippen molar-refractivity contribution in [2.75, 3.05) is 13.2 Å². The number of nitrogens with two attached hydrogens (primary N) is 1. The summed E-state index contributed by atoms with van der Waals surface area (Å²) < 4.78 is 52.2. The average Bonchev–Trinajstić information content (AvgIpc) is 3.19. The highest BCUT2D eigenvalue weighted by Crippen LogP contribution is 2.58. The van der Waals surface area contributed by atoms with E-state index < -0.39 is 11.7 Å². The van der Waals surface area contributed by atoms with Gasteiger partial charge in [-0.15, -0.1) is 0 Å². The van der Waals surface area contributed by atoms with Gasteiger partial charge in [0.2, 0.25) is 11.7 Å². The first kappa shape index (κ1) is 24.3. The van der Waals surface area contributed by atoms with Gasteiger partial charge in [-0.25, -0.2) is 0 Å². The van der Waals surface area contributed by atoms with E-state index in [2.05, 4.69) is 17.1 Å². The number of halogens is 3. The molecule has 1 aromatic carbocycles. The third-order valence-corrected chi connectivity index (χ3v) is 6.80. The highest BCUT2D eigenvalue weighted by Gasteiger charge is 2.54. The monoisotopic (exact) mass is 479 g/mol. The lowest BCUT2D eigenvalue weighted by Crippen LogP contribution is -2.36. The zero-order chi connectivity index (χ0) is 24.3. The molecule has 0 radical (unpaired) electrons. The fourth-order valence-electron chi connectivity index (χ4n) is 4.64. The van der Waals surface area contributed by atoms with Crippen LogP contribution in [0.1, 0.15) is 82.2 Å². The number of hydrogen-bond donors (Lipinski definition) is 2. The molecule has 1 atom stereocenters. The van der Waals surface area contributed by atoms with E-state index in [4.69, 9.17) is 20.4 Å². The number of ether oxygens (including phenoxy) is 1. The maximum Gasteiger partial charge on any atom is 0.419 e. The van der Waals surface area contributed by atoms with Crippen molar-refractivity contribution in [3.05, 3.63) is 29.7 Å². The number of hydrogen-bond acceptors (Lipinski definition) is 5. The number of nitrogens with one attached hydrogen (secondary N) is 1. The predicted molar refractivity (Wildman–Crippen MR) is 121 cm³/mol. The zero-order valence-electron chi connectivity index (χ0n) is 19.5. The Labute approximate surface area is 197 Å². The molecule has 1 aliphatic heterocycles. The third-order valence-electron chi connectivity index (χ3n) is 6.80. The largest absolute Gasteiger partial charge is 0.493 e. The molecule has 1 aromatic heterocycles. The van der Waals surface area contributed by atoms with Crippen LogP contribution in [0.3, 0.4) is 0 Å². The Kier molecular flexibility index (Phi) is 7.04. The van der Waals surface area contributed by atoms with Crippen LogP contribution in [0.15, 0.2) is 22.7 Å². The summed E-state index contributed by atoms with van der Waals surface area (Å²) in [4.78, 5) is 6.10. The van der Waals surface area contributed by atoms with Crippen LogP contribution in [0.25, 0.3) is 11.4 Å². The Morgan fingerprint density at radius 3 is 2.65 bits per heavy atom. The molecule has 1 aliphatic carbocycles. The summed E-state index contributed by atoms with van der Waals surface area (Å²) in [6.45, 7) is 3.04. The lowest BCUT2D eigenvalue weighted by atomic mass is 10.0. The van der Waals surface area contributed by atoms with Crippen LogP contribution >= 0.6 is 0 Å². The molecule has 0 bridgehead atoms. The van der Waals surface area contributed by atoms with Gasteiger partial charge < -0.3 is 19.9 Å². The van der Waals surface area contributed by atoms with E-state index in [1.54, 1.807) is 4.90 Å². The van der Waals surface area contributed by atoms with E-state index in [9.17, 15) is 13.2 Å². The molecule has 3 N–H and O–H groups in total. The summed E-state index contributed by atoms with van der Waals surface area (Å²) in [5, 5.41) is 11.8. The number of benzene rings is 1. The van der Waals surface area contributed by atoms with Gasteiger partial charge in [-0.3, -0.25) is 5.41 Å². The maximum atomic E-state index is 13.8. The number of aromatic nitrogens is 2. The number of likely N-dealkylation sites (tertiary alicyclic amines) is 1. The summed E-state index contributed by atoms with van der Waals surface area (Å²) in [6.07, 6.45) is 4.46. The van der Waals surface area contributed by atoms with Crippen LogP contribution in [0, 0.1) is 10.8 Å². The first-order valence-corrected chi connectivity index (χ1v) is 12.0. The molecule has 7 nitrogen and oxygen atoms in total. The Morgan fingerprint density at radius 2 is 1.97 bits per heavy atom. The molecule has 2 heterocycles. The number of guanidine groups is 1. The Balaban J connectivity index is 1.46. The van der Waals surface area contributed by atoms with E-state index in [1.165, 1.54) is 18.6 Å². The van der Waals surface area contributed by atoms with E-state index in [1.807, 2.05) is 0 Å². The molecule has 0 unspecified atom stereocenters. The second kappa shape index (κ2) is 9.84. The molecule has 10 heteroatoms. The summed E-state index contributed by atoms with van der Waals surface area (Å²) in [5.74, 6) is 0.0802. The Hall–Kier alpha value is -2.78. The van der Waals surface area contributed by atoms with E-state index in [-0.39, 0.29) is 47.1 Å². The van der Waals surface area contributed by atoms with Crippen LogP contribution in [0.2, 0.25) is 0 Å². The van der Waals surface area contributed by atoms with Crippen molar-refractivity contribution in [3.63, 3.8) is 0 Å². The van der Waals surface area contributed by atoms with Crippen LogP contribution in [-0.4, -0.2) is 34.2 Å². The van der Waals surface area contributed by atoms with E-state index >= 15 is 0 Å². The molecule has 0 amide bonds. The quantitative estimate of drug-likeness (QED) is 0.249. The number of unbranched alkanes of at least 4 members (excludes halogenated alkanes) is 5. The van der Waals surface area contributed by atoms with Gasteiger partial charge in [0.1, 0.15) is 11.8 Å². The van der Waals surface area contributed by atoms with Crippen LogP contribution in [0.4, 0.5) is 13.2 Å². The standard InChI is InChI=1S/C24H32F3N5O2/c1-2-3-4-5-6-7-12-33-19-9-8-16(13-17(19)24(25,26)27)20-30-21(34-31-20)18-14-23(10-11-23)15-32(18)22(28)29/h8-9,13,18H,2-7,10-12,14-15H2,1H3,(H3,28,29)/t18-/m0/s1. The SMILES string of the molecule is CCCCCCCCOc1ccc(-c2noc([C@@H]3CC4(CC4)CN3C(=N)N)n2)cc1C(F)(F)F. The number of alkyl halides is 3. The Bertz CT molecular complexity index is 1000. The maximum absolute atomic E-state index is 13.8. The first-order valence-electron chi connectivity index (χ1n) is 12.0. The lowest BCUT2D eigenvalue weighted by Gasteiger charge is -2.21. The normalized spacial score (nSPS) is 19.1. The second-order valence-electron chi connectivity index (χ2n) is 9.51. The molecule has 2 fully saturated rings. The minimum atomic E-state index is -4.58. The van der Waals surface area contributed by atoms with Gasteiger partial charge in [-0.1, -0.05) is 44.2 Å². The fraction of sp³-hybridized carbons (Fsp3) is 0.625. The molecule has 1 spiro atoms. The van der Waals surface area contributed by atoms with Gasteiger partial charge in [-0.05, 0) is 49.3 Å². The molecule has 34 heavy (non-hydrogen) atoms. The average molecular weight is 480 g/mol. The van der Waals surface area contributed by atoms with Crippen LogP contribution in [0.5, 0.6) is 5.75 Å². The van der Waals surface area contributed by atoms with E-state index in [0.29, 0.717) is 13.0 Å². The lowest BCUT2D eigenvalue weighted by molar-refractivity contribution is -0.138. The minimum Gasteiger partial charge on any atom is -0.493 e. The van der Waals surface area contributed by atoms with Crippen molar-refractivity contribution in [2.45, 2.75) is 76.9 Å². The zero-order valence-corrected chi connectivity index (χ0v) is 19.5. The van der Waals surface area contributed by atoms with Gasteiger partial charge >= 0.3 is 6.18 Å². The van der Waals surface area contributed by atoms with Gasteiger partial charge in [0.25, 0.3) is 0 Å². The van der Waals surface area contributed by atoms with Crippen LogP contribution in [-0.2, 0) is 6.18 Å². The smallest absolute Gasteiger partial charge is 0.419 e. The summed E-state index contributed by atoms with van der Waals surface area (Å²) in [5.41, 5.74) is 5.21. The van der Waals surface area contributed by atoms with Crippen molar-refractivity contribution < 1.29 is 22.4 Å². The van der Waals surface area contributed by atoms with Gasteiger partial charge in [-0.2, -0.15) is 18.2 Å². The summed E-state index contributed by atoms with van der Waals surface area (Å²) in [6, 6.07) is 3.51. The van der Waals surface area contributed by atoms with Gasteiger partial charge in [0.15, 0.2) is 5.96 Å². The molecule has 4 rings (SSSR count). The van der Waals surface area contributed by atoms with Gasteiger partial charge in [0.05, 0.1) is 12.2 Å². The minimum absolute atomic E-state index is 0.0697. The van der Waals surface area contributed by atoms with Crippen molar-refractivity contribution in [3.8, 4) is 17.1 Å². The second-order valence-corrected chi connectivity index (χ2v) is 9.51. The van der Waals surface area contributed by atoms with Crippen molar-refractivity contribution in [1.82, 2.24) is 15.0 Å². The molecule has 2 aliphatic rings. The topological polar surface area (TPSA) is 101 Å². The fourth-order valence-corrected chi connectivity index (χ4v) is 4.64. The highest BCUT2D eigenvalue weighted by atomic mass is 19.4. The first-order chi connectivity index (χ1) is 16.2. The molecule has 186 valence electrons. The summed E-state index contributed by atoms with van der Waals surface area (Å²) in [7, 11) is 0. The molecular weight excluding hydrogens is 447 g/mol.